The third-order valence-corrected chi connectivity index (χ3v) is 4.32. The van der Waals surface area contributed by atoms with E-state index in [4.69, 9.17) is 4.74 Å². The molecule has 1 aliphatic rings. The third-order valence-electron chi connectivity index (χ3n) is 2.63. The average Bonchev–Trinajstić information content (AvgIpc) is 2.75. The Morgan fingerprint density at radius 2 is 2.06 bits per heavy atom. The minimum absolute atomic E-state index is 0.0740. The van der Waals surface area contributed by atoms with Gasteiger partial charge in [-0.05, 0) is 40.9 Å². The summed E-state index contributed by atoms with van der Waals surface area (Å²) in [6.45, 7) is 0.688. The maximum atomic E-state index is 13.7. The van der Waals surface area contributed by atoms with Crippen molar-refractivity contribution in [1.29, 1.82) is 0 Å². The van der Waals surface area contributed by atoms with Crippen LogP contribution in [-0.4, -0.2) is 12.7 Å². The normalized spacial score (nSPS) is 22.4. The molecule has 1 heterocycles. The van der Waals surface area contributed by atoms with Crippen molar-refractivity contribution < 1.29 is 13.5 Å². The Bertz CT molecular complexity index is 392. The summed E-state index contributed by atoms with van der Waals surface area (Å²) >= 11 is 6.33. The summed E-state index contributed by atoms with van der Waals surface area (Å²) in [5.74, 6) is -0.885. The van der Waals surface area contributed by atoms with Gasteiger partial charge in [-0.15, -0.1) is 0 Å². The van der Waals surface area contributed by atoms with Crippen molar-refractivity contribution in [2.45, 2.75) is 23.8 Å². The second-order valence-electron chi connectivity index (χ2n) is 3.74. The molecule has 0 spiro atoms. The highest BCUT2D eigenvalue weighted by molar-refractivity contribution is 9.10. The first-order valence-corrected chi connectivity index (χ1v) is 6.70. The van der Waals surface area contributed by atoms with E-state index in [-0.39, 0.29) is 15.4 Å². The first kappa shape index (κ1) is 12.5. The zero-order chi connectivity index (χ0) is 11.7. The van der Waals surface area contributed by atoms with Crippen LogP contribution < -0.4 is 0 Å². The lowest BCUT2D eigenvalue weighted by Gasteiger charge is -2.18. The molecule has 0 saturated carbocycles. The molecule has 0 bridgehead atoms. The van der Waals surface area contributed by atoms with E-state index >= 15 is 0 Å². The quantitative estimate of drug-likeness (QED) is 0.566. The molecule has 1 aromatic carbocycles. The molecule has 88 valence electrons. The van der Waals surface area contributed by atoms with Crippen LogP contribution >= 0.6 is 31.9 Å². The number of hydrogen-bond donors (Lipinski definition) is 0. The minimum Gasteiger partial charge on any atom is -0.377 e. The fourth-order valence-electron chi connectivity index (χ4n) is 1.78. The number of alkyl halides is 1. The largest absolute Gasteiger partial charge is 0.377 e. The maximum absolute atomic E-state index is 13.7. The van der Waals surface area contributed by atoms with Gasteiger partial charge in [-0.1, -0.05) is 15.9 Å². The van der Waals surface area contributed by atoms with Gasteiger partial charge in [-0.2, -0.15) is 0 Å². The number of hydrogen-bond acceptors (Lipinski definition) is 1. The molecule has 1 aliphatic heterocycles. The van der Waals surface area contributed by atoms with E-state index in [1.807, 2.05) is 0 Å². The predicted molar refractivity (Wildman–Crippen MR) is 64.7 cm³/mol. The maximum Gasteiger partial charge on any atom is 0.137 e. The van der Waals surface area contributed by atoms with Crippen LogP contribution in [0, 0.1) is 11.6 Å². The summed E-state index contributed by atoms with van der Waals surface area (Å²) in [5.41, 5.74) is 0.313. The van der Waals surface area contributed by atoms with Gasteiger partial charge < -0.3 is 4.74 Å². The Labute approximate surface area is 109 Å². The van der Waals surface area contributed by atoms with Gasteiger partial charge in [-0.25, -0.2) is 8.78 Å². The van der Waals surface area contributed by atoms with E-state index < -0.39 is 11.6 Å². The van der Waals surface area contributed by atoms with Gasteiger partial charge in [0.15, 0.2) is 0 Å². The molecule has 0 N–H and O–H groups in total. The van der Waals surface area contributed by atoms with E-state index in [0.29, 0.717) is 12.2 Å². The van der Waals surface area contributed by atoms with Crippen molar-refractivity contribution in [3.05, 3.63) is 33.8 Å². The van der Waals surface area contributed by atoms with Crippen molar-refractivity contribution >= 4 is 31.9 Å². The van der Waals surface area contributed by atoms with Crippen LogP contribution in [0.2, 0.25) is 0 Å². The van der Waals surface area contributed by atoms with Gasteiger partial charge in [0.05, 0.1) is 15.4 Å². The monoisotopic (exact) mass is 354 g/mol. The Kier molecular flexibility index (Phi) is 3.97. The Hall–Kier alpha value is -0.000000000000000111. The molecule has 0 amide bonds. The molecule has 2 unspecified atom stereocenters. The predicted octanol–water partition coefficient (Wildman–Crippen LogP) is 4.34. The number of ether oxygens (including phenoxy) is 1. The van der Waals surface area contributed by atoms with E-state index in [1.54, 1.807) is 0 Å². The molecule has 1 nitrogen and oxygen atoms in total. The van der Waals surface area contributed by atoms with Crippen molar-refractivity contribution in [2.75, 3.05) is 6.61 Å². The van der Waals surface area contributed by atoms with Crippen molar-refractivity contribution in [2.24, 2.45) is 0 Å². The summed E-state index contributed by atoms with van der Waals surface area (Å²) < 4.78 is 32.6. The van der Waals surface area contributed by atoms with E-state index in [9.17, 15) is 8.78 Å². The molecule has 0 aliphatic carbocycles. The lowest BCUT2D eigenvalue weighted by Crippen LogP contribution is -2.13. The van der Waals surface area contributed by atoms with E-state index in [2.05, 4.69) is 31.9 Å². The number of benzene rings is 1. The molecule has 16 heavy (non-hydrogen) atoms. The van der Waals surface area contributed by atoms with Crippen LogP contribution in [0.15, 0.2) is 16.6 Å². The van der Waals surface area contributed by atoms with Gasteiger partial charge in [0.1, 0.15) is 11.6 Å². The minimum atomic E-state index is -0.459. The average molecular weight is 356 g/mol. The second kappa shape index (κ2) is 5.10. The fourth-order valence-corrected chi connectivity index (χ4v) is 2.87. The highest BCUT2D eigenvalue weighted by Crippen LogP contribution is 2.36. The first-order valence-electron chi connectivity index (χ1n) is 4.99. The summed E-state index contributed by atoms with van der Waals surface area (Å²) in [6.07, 6.45) is 1.76. The van der Waals surface area contributed by atoms with Gasteiger partial charge in [-0.3, -0.25) is 0 Å². The molecule has 2 atom stereocenters. The van der Waals surface area contributed by atoms with Crippen molar-refractivity contribution in [3.8, 4) is 0 Å². The third kappa shape index (κ3) is 2.46. The lowest BCUT2D eigenvalue weighted by atomic mass is 10.0. The van der Waals surface area contributed by atoms with Gasteiger partial charge in [0, 0.05) is 12.2 Å². The SMILES string of the molecule is Fc1cc(C(Br)C2CCCO2)c(F)cc1Br. The molecule has 0 radical (unpaired) electrons. The van der Waals surface area contributed by atoms with Gasteiger partial charge in [0.2, 0.25) is 0 Å². The zero-order valence-corrected chi connectivity index (χ0v) is 11.5. The summed E-state index contributed by atoms with van der Waals surface area (Å²) in [5, 5.41) is 0. The summed E-state index contributed by atoms with van der Waals surface area (Å²) in [7, 11) is 0. The van der Waals surface area contributed by atoms with Crippen molar-refractivity contribution in [1.82, 2.24) is 0 Å². The van der Waals surface area contributed by atoms with Crippen LogP contribution in [0.5, 0.6) is 0 Å². The van der Waals surface area contributed by atoms with Crippen molar-refractivity contribution in [3.63, 3.8) is 0 Å². The molecule has 0 aromatic heterocycles. The van der Waals surface area contributed by atoms with Crippen LogP contribution in [-0.2, 0) is 4.74 Å². The molecule has 2 rings (SSSR count). The smallest absolute Gasteiger partial charge is 0.137 e. The van der Waals surface area contributed by atoms with Gasteiger partial charge >= 0.3 is 0 Å². The van der Waals surface area contributed by atoms with E-state index in [0.717, 1.165) is 18.9 Å². The molecule has 1 fully saturated rings. The molecule has 5 heteroatoms. The zero-order valence-electron chi connectivity index (χ0n) is 8.35. The van der Waals surface area contributed by atoms with Crippen LogP contribution in [0.3, 0.4) is 0 Å². The van der Waals surface area contributed by atoms with Crippen LogP contribution in [0.1, 0.15) is 23.2 Å². The first-order chi connectivity index (χ1) is 7.59. The van der Waals surface area contributed by atoms with Gasteiger partial charge in [0.25, 0.3) is 0 Å². The standard InChI is InChI=1S/C11H10Br2F2O/c12-7-5-8(14)6(4-9(7)15)11(13)10-2-1-3-16-10/h4-5,10-11H,1-3H2. The Morgan fingerprint density at radius 3 is 2.69 bits per heavy atom. The molecular formula is C11H10Br2F2O. The summed E-state index contributed by atoms with van der Waals surface area (Å²) in [4.78, 5) is -0.294. The lowest BCUT2D eigenvalue weighted by molar-refractivity contribution is 0.109. The molecule has 1 saturated heterocycles. The van der Waals surface area contributed by atoms with Crippen LogP contribution in [0.25, 0.3) is 0 Å². The number of rotatable bonds is 2. The summed E-state index contributed by atoms with van der Waals surface area (Å²) in [6, 6.07) is 2.36. The topological polar surface area (TPSA) is 9.23 Å². The molecular weight excluding hydrogens is 346 g/mol. The number of halogens is 4. The Morgan fingerprint density at radius 1 is 1.31 bits per heavy atom. The second-order valence-corrected chi connectivity index (χ2v) is 5.58. The molecule has 1 aromatic rings. The fraction of sp³-hybridized carbons (Fsp3) is 0.455. The van der Waals surface area contributed by atoms with Crippen LogP contribution in [0.4, 0.5) is 8.78 Å². The van der Waals surface area contributed by atoms with E-state index in [1.165, 1.54) is 6.07 Å². The highest BCUT2D eigenvalue weighted by Gasteiger charge is 2.27. The Balaban J connectivity index is 2.28. The highest BCUT2D eigenvalue weighted by atomic mass is 79.9.